The average Bonchev–Trinajstić information content (AvgIpc) is 2.27. The summed E-state index contributed by atoms with van der Waals surface area (Å²) in [5.41, 5.74) is -0.318. The quantitative estimate of drug-likeness (QED) is 0.720. The second-order valence-electron chi connectivity index (χ2n) is 3.67. The highest BCUT2D eigenvalue weighted by Crippen LogP contribution is 2.12. The molecule has 0 aromatic heterocycles. The molecule has 0 bridgehead atoms. The van der Waals surface area contributed by atoms with Gasteiger partial charge in [-0.15, -0.1) is 0 Å². The smallest absolute Gasteiger partial charge is 0.349 e. The summed E-state index contributed by atoms with van der Waals surface area (Å²) in [6.07, 6.45) is 2.06. The zero-order chi connectivity index (χ0) is 12.4. The largest absolute Gasteiger partial charge is 0.396 e. The Morgan fingerprint density at radius 1 is 1.47 bits per heavy atom. The topological polar surface area (TPSA) is 101 Å². The molecule has 7 nitrogen and oxygen atoms in total. The van der Waals surface area contributed by atoms with Crippen LogP contribution >= 0.6 is 0 Å². The summed E-state index contributed by atoms with van der Waals surface area (Å²) in [5.74, 6) is 0.257. The Morgan fingerprint density at radius 2 is 2.24 bits per heavy atom. The van der Waals surface area contributed by atoms with Gasteiger partial charge in [0, 0.05) is 25.0 Å². The van der Waals surface area contributed by atoms with Gasteiger partial charge >= 0.3 is 5.69 Å². The fourth-order valence-electron chi connectivity index (χ4n) is 1.65. The fourth-order valence-corrected chi connectivity index (χ4v) is 1.65. The fraction of sp³-hybridized carbons (Fsp3) is 0.400. The van der Waals surface area contributed by atoms with Crippen molar-refractivity contribution in [2.24, 2.45) is 0 Å². The van der Waals surface area contributed by atoms with E-state index in [2.05, 4.69) is 15.0 Å². The van der Waals surface area contributed by atoms with E-state index in [4.69, 9.17) is 5.11 Å². The van der Waals surface area contributed by atoms with Gasteiger partial charge in [0.2, 0.25) is 0 Å². The van der Waals surface area contributed by atoms with Gasteiger partial charge in [0.25, 0.3) is 5.56 Å². The molecule has 0 aliphatic carbocycles. The predicted molar refractivity (Wildman–Crippen MR) is 60.0 cm³/mol. The first-order valence-electron chi connectivity index (χ1n) is 5.21. The first kappa shape index (κ1) is 11.5. The van der Waals surface area contributed by atoms with Crippen LogP contribution in [0.25, 0.3) is 11.5 Å². The number of aromatic nitrogens is 4. The van der Waals surface area contributed by atoms with E-state index in [1.165, 1.54) is 0 Å². The minimum atomic E-state index is -0.687. The first-order valence-corrected chi connectivity index (χ1v) is 5.21. The van der Waals surface area contributed by atoms with Gasteiger partial charge in [0.1, 0.15) is 0 Å². The molecule has 0 amide bonds. The van der Waals surface area contributed by atoms with Gasteiger partial charge in [-0.1, -0.05) is 0 Å². The Morgan fingerprint density at radius 3 is 2.94 bits per heavy atom. The van der Waals surface area contributed by atoms with Crippen molar-refractivity contribution < 1.29 is 5.11 Å². The Bertz CT molecular complexity index is 616. The molecule has 90 valence electrons. The highest BCUT2D eigenvalue weighted by Gasteiger charge is 2.15. The summed E-state index contributed by atoms with van der Waals surface area (Å²) in [5, 5.41) is 8.82. The summed E-state index contributed by atoms with van der Waals surface area (Å²) in [6.45, 7) is 2.32. The minimum absolute atomic E-state index is 0.0314. The summed E-state index contributed by atoms with van der Waals surface area (Å²) in [6, 6.07) is 0. The molecule has 0 radical (unpaired) electrons. The van der Waals surface area contributed by atoms with E-state index < -0.39 is 11.2 Å². The molecule has 2 aliphatic rings. The van der Waals surface area contributed by atoms with E-state index in [-0.39, 0.29) is 18.1 Å². The van der Waals surface area contributed by atoms with Crippen molar-refractivity contribution >= 4 is 0 Å². The number of hydrogen-bond donors (Lipinski definition) is 2. The molecule has 2 rings (SSSR count). The number of H-pyrrole nitrogens is 1. The van der Waals surface area contributed by atoms with E-state index in [0.29, 0.717) is 13.0 Å². The maximum atomic E-state index is 11.5. The normalized spacial score (nSPS) is 10.9. The maximum Gasteiger partial charge on any atom is 0.349 e. The van der Waals surface area contributed by atoms with Crippen LogP contribution in [0, 0.1) is 6.92 Å². The highest BCUT2D eigenvalue weighted by molar-refractivity contribution is 5.48. The highest BCUT2D eigenvalue weighted by atomic mass is 16.3. The Balaban J connectivity index is 2.68. The lowest BCUT2D eigenvalue weighted by atomic mass is 10.3. The van der Waals surface area contributed by atoms with Crippen LogP contribution in [0.5, 0.6) is 0 Å². The molecular formula is C10H12N4O3. The number of aliphatic hydroxyl groups is 1. The summed E-state index contributed by atoms with van der Waals surface area (Å²) in [4.78, 5) is 32.5. The second kappa shape index (κ2) is 4.46. The Kier molecular flexibility index (Phi) is 3.01. The molecule has 2 aliphatic heterocycles. The molecular weight excluding hydrogens is 224 g/mol. The van der Waals surface area contributed by atoms with Crippen molar-refractivity contribution in [3.63, 3.8) is 0 Å². The van der Waals surface area contributed by atoms with Crippen molar-refractivity contribution in [3.8, 4) is 11.5 Å². The van der Waals surface area contributed by atoms with Crippen molar-refractivity contribution in [2.75, 3.05) is 6.61 Å². The van der Waals surface area contributed by atoms with Gasteiger partial charge in [-0.2, -0.15) is 4.98 Å². The molecule has 0 saturated carbocycles. The van der Waals surface area contributed by atoms with Gasteiger partial charge in [-0.05, 0) is 13.3 Å². The minimum Gasteiger partial charge on any atom is -0.396 e. The summed E-state index contributed by atoms with van der Waals surface area (Å²) >= 11 is 0. The molecule has 17 heavy (non-hydrogen) atoms. The third kappa shape index (κ3) is 2.09. The van der Waals surface area contributed by atoms with Crippen LogP contribution in [0.2, 0.25) is 0 Å². The first-order chi connectivity index (χ1) is 8.13. The van der Waals surface area contributed by atoms with Crippen LogP contribution in [0.15, 0.2) is 15.8 Å². The molecule has 0 spiro atoms. The number of aryl methyl sites for hydroxylation is 1. The summed E-state index contributed by atoms with van der Waals surface area (Å²) in [7, 11) is 0. The Hall–Kier alpha value is -2.02. The lowest BCUT2D eigenvalue weighted by Crippen LogP contribution is -2.29. The van der Waals surface area contributed by atoms with E-state index >= 15 is 0 Å². The molecule has 0 unspecified atom stereocenters. The number of aromatic amines is 1. The Labute approximate surface area is 96.1 Å². The number of hydrogen-bond acceptors (Lipinski definition) is 5. The van der Waals surface area contributed by atoms with Gasteiger partial charge in [-0.25, -0.2) is 9.78 Å². The lowest BCUT2D eigenvalue weighted by Gasteiger charge is -2.14. The standard InChI is InChI=1S/C10H12N4O3/c1-6-5-11-7-8(14(6)3-2-4-15)12-10(17)13-9(7)16/h5,15H,2-4H2,1H3,(H,13,16,17). The van der Waals surface area contributed by atoms with Crippen LogP contribution in [-0.2, 0) is 6.54 Å². The van der Waals surface area contributed by atoms with Crippen molar-refractivity contribution in [1.29, 1.82) is 0 Å². The number of rotatable bonds is 3. The average molecular weight is 236 g/mol. The van der Waals surface area contributed by atoms with Crippen molar-refractivity contribution in [1.82, 2.24) is 19.5 Å². The van der Waals surface area contributed by atoms with Crippen LogP contribution in [0.4, 0.5) is 0 Å². The van der Waals surface area contributed by atoms with E-state index in [9.17, 15) is 9.59 Å². The van der Waals surface area contributed by atoms with Gasteiger partial charge in [-0.3, -0.25) is 9.78 Å². The van der Waals surface area contributed by atoms with Crippen LogP contribution < -0.4 is 11.2 Å². The molecule has 2 N–H and O–H groups in total. The second-order valence-corrected chi connectivity index (χ2v) is 3.67. The van der Waals surface area contributed by atoms with E-state index in [1.807, 2.05) is 0 Å². The third-order valence-electron chi connectivity index (χ3n) is 2.46. The molecule has 0 atom stereocenters. The molecule has 2 heterocycles. The van der Waals surface area contributed by atoms with Crippen LogP contribution in [0.3, 0.4) is 0 Å². The van der Waals surface area contributed by atoms with Crippen LogP contribution in [-0.4, -0.2) is 31.2 Å². The maximum absolute atomic E-state index is 11.5. The van der Waals surface area contributed by atoms with E-state index in [0.717, 1.165) is 5.69 Å². The zero-order valence-corrected chi connectivity index (χ0v) is 9.30. The van der Waals surface area contributed by atoms with Gasteiger partial charge in [0.15, 0.2) is 11.5 Å². The lowest BCUT2D eigenvalue weighted by molar-refractivity contribution is 0.279. The monoisotopic (exact) mass is 236 g/mol. The molecule has 0 aromatic carbocycles. The van der Waals surface area contributed by atoms with Gasteiger partial charge in [0.05, 0.1) is 0 Å². The van der Waals surface area contributed by atoms with Crippen molar-refractivity contribution in [3.05, 3.63) is 32.7 Å². The number of fused-ring (bicyclic) bond motifs is 1. The molecule has 0 saturated heterocycles. The molecule has 0 fully saturated rings. The third-order valence-corrected chi connectivity index (χ3v) is 2.46. The SMILES string of the molecule is Cc1cnc2c(=O)[nH]c(=O)nc-2n1CCCO. The zero-order valence-electron chi connectivity index (χ0n) is 9.30. The molecule has 7 heteroatoms. The van der Waals surface area contributed by atoms with Crippen molar-refractivity contribution in [2.45, 2.75) is 19.9 Å². The van der Waals surface area contributed by atoms with Crippen LogP contribution in [0.1, 0.15) is 12.1 Å². The predicted octanol–water partition coefficient (Wildman–Crippen LogP) is -0.878. The number of nitrogens with zero attached hydrogens (tertiary/aromatic N) is 3. The summed E-state index contributed by atoms with van der Waals surface area (Å²) < 4.78 is 1.70. The molecule has 0 aromatic rings. The van der Waals surface area contributed by atoms with E-state index in [1.54, 1.807) is 17.7 Å². The van der Waals surface area contributed by atoms with Gasteiger partial charge < -0.3 is 9.67 Å². The number of aliphatic hydroxyl groups excluding tert-OH is 1. The number of nitrogens with one attached hydrogen (secondary N) is 1.